The van der Waals surface area contributed by atoms with Gasteiger partial charge in [0.25, 0.3) is 5.69 Å². The molecule has 1 aromatic carbocycles. The maximum atomic E-state index is 13.8. The van der Waals surface area contributed by atoms with Crippen molar-refractivity contribution in [1.82, 2.24) is 4.90 Å². The van der Waals surface area contributed by atoms with Gasteiger partial charge in [0.05, 0.1) is 17.4 Å². The van der Waals surface area contributed by atoms with Gasteiger partial charge in [0.2, 0.25) is 0 Å². The Morgan fingerprint density at radius 1 is 1.55 bits per heavy atom. The zero-order valence-corrected chi connectivity index (χ0v) is 11.9. The first-order valence-electron chi connectivity index (χ1n) is 7.00. The number of carboxylic acid groups (broad SMARTS) is 1. The van der Waals surface area contributed by atoms with Crippen LogP contribution in [0.25, 0.3) is 0 Å². The monoisotopic (exact) mass is 312 g/mol. The highest BCUT2D eigenvalue weighted by atomic mass is 19.1. The summed E-state index contributed by atoms with van der Waals surface area (Å²) in [4.78, 5) is 22.4. The fourth-order valence-corrected chi connectivity index (χ4v) is 2.44. The molecule has 1 unspecified atom stereocenters. The molecule has 1 aromatic rings. The molecule has 0 aromatic heterocycles. The van der Waals surface area contributed by atoms with Crippen LogP contribution in [-0.4, -0.2) is 46.6 Å². The van der Waals surface area contributed by atoms with Crippen LogP contribution < -0.4 is 4.74 Å². The quantitative estimate of drug-likeness (QED) is 0.638. The summed E-state index contributed by atoms with van der Waals surface area (Å²) >= 11 is 0. The normalized spacial score (nSPS) is 18.9. The Kier molecular flexibility index (Phi) is 5.26. The van der Waals surface area contributed by atoms with E-state index in [2.05, 4.69) is 0 Å². The molecule has 1 aliphatic rings. The first-order valence-corrected chi connectivity index (χ1v) is 7.00. The van der Waals surface area contributed by atoms with E-state index in [0.29, 0.717) is 13.1 Å². The number of carbonyl (C=O) groups is 1. The predicted octanol–water partition coefficient (Wildman–Crippen LogP) is 2.05. The standard InChI is InChI=1S/C14H17FN2O5/c15-12-8-10(17(20)21)3-4-13(12)22-11-2-1-6-16(9-11)7-5-14(18)19/h3-4,8,11H,1-2,5-7,9H2,(H,18,19). The van der Waals surface area contributed by atoms with Gasteiger partial charge in [0.1, 0.15) is 6.10 Å². The Morgan fingerprint density at radius 2 is 2.32 bits per heavy atom. The molecule has 1 aliphatic heterocycles. The molecule has 1 atom stereocenters. The minimum atomic E-state index is -0.857. The first kappa shape index (κ1) is 16.2. The van der Waals surface area contributed by atoms with Gasteiger partial charge >= 0.3 is 5.97 Å². The lowest BCUT2D eigenvalue weighted by atomic mass is 10.1. The largest absolute Gasteiger partial charge is 0.486 e. The van der Waals surface area contributed by atoms with Gasteiger partial charge < -0.3 is 9.84 Å². The van der Waals surface area contributed by atoms with E-state index in [1.54, 1.807) is 0 Å². The van der Waals surface area contributed by atoms with Gasteiger partial charge in [0, 0.05) is 19.2 Å². The van der Waals surface area contributed by atoms with Crippen molar-refractivity contribution in [3.05, 3.63) is 34.1 Å². The molecule has 2 rings (SSSR count). The SMILES string of the molecule is O=C(O)CCN1CCCC(Oc2ccc([N+](=O)[O-])cc2F)C1. The molecule has 1 heterocycles. The summed E-state index contributed by atoms with van der Waals surface area (Å²) < 4.78 is 19.4. The number of hydrogen-bond acceptors (Lipinski definition) is 5. The van der Waals surface area contributed by atoms with Gasteiger partial charge in [-0.05, 0) is 25.5 Å². The number of nitro groups is 1. The highest BCUT2D eigenvalue weighted by Gasteiger charge is 2.23. The minimum absolute atomic E-state index is 0.0179. The molecular weight excluding hydrogens is 295 g/mol. The van der Waals surface area contributed by atoms with Crippen molar-refractivity contribution < 1.29 is 24.0 Å². The number of nitrogens with zero attached hydrogens (tertiary/aromatic N) is 2. The Labute approximate surface area is 126 Å². The summed E-state index contributed by atoms with van der Waals surface area (Å²) in [6.45, 7) is 1.73. The van der Waals surface area contributed by atoms with Crippen molar-refractivity contribution in [1.29, 1.82) is 0 Å². The van der Waals surface area contributed by atoms with Crippen LogP contribution in [0.2, 0.25) is 0 Å². The summed E-state index contributed by atoms with van der Waals surface area (Å²) in [5.41, 5.74) is -0.323. The van der Waals surface area contributed by atoms with Gasteiger partial charge in [-0.2, -0.15) is 0 Å². The van der Waals surface area contributed by atoms with Crippen molar-refractivity contribution in [2.75, 3.05) is 19.6 Å². The van der Waals surface area contributed by atoms with Gasteiger partial charge in [-0.15, -0.1) is 0 Å². The molecule has 0 bridgehead atoms. The molecule has 0 spiro atoms. The Morgan fingerprint density at radius 3 is 2.95 bits per heavy atom. The third-order valence-electron chi connectivity index (χ3n) is 3.52. The fourth-order valence-electron chi connectivity index (χ4n) is 2.44. The maximum absolute atomic E-state index is 13.8. The molecule has 7 nitrogen and oxygen atoms in total. The van der Waals surface area contributed by atoms with Gasteiger partial charge in [-0.1, -0.05) is 0 Å². The molecule has 120 valence electrons. The number of aliphatic carboxylic acids is 1. The third kappa shape index (κ3) is 4.39. The average molecular weight is 312 g/mol. The van der Waals surface area contributed by atoms with E-state index in [9.17, 15) is 19.3 Å². The average Bonchev–Trinajstić information content (AvgIpc) is 2.47. The second kappa shape index (κ2) is 7.17. The topological polar surface area (TPSA) is 92.9 Å². The molecule has 1 fully saturated rings. The van der Waals surface area contributed by atoms with E-state index in [-0.39, 0.29) is 24.0 Å². The molecule has 0 amide bonds. The molecule has 8 heteroatoms. The molecule has 1 saturated heterocycles. The van der Waals surface area contributed by atoms with E-state index in [1.165, 1.54) is 12.1 Å². The van der Waals surface area contributed by atoms with Crippen LogP contribution in [0.4, 0.5) is 10.1 Å². The molecule has 22 heavy (non-hydrogen) atoms. The number of carboxylic acids is 1. The summed E-state index contributed by atoms with van der Waals surface area (Å²) in [7, 11) is 0. The van der Waals surface area contributed by atoms with E-state index < -0.39 is 16.7 Å². The second-order valence-corrected chi connectivity index (χ2v) is 5.20. The van der Waals surface area contributed by atoms with Crippen molar-refractivity contribution in [2.24, 2.45) is 0 Å². The lowest BCUT2D eigenvalue weighted by Gasteiger charge is -2.32. The highest BCUT2D eigenvalue weighted by molar-refractivity contribution is 5.66. The predicted molar refractivity (Wildman–Crippen MR) is 75.4 cm³/mol. The number of non-ortho nitro benzene ring substituents is 1. The van der Waals surface area contributed by atoms with E-state index in [1.807, 2.05) is 4.90 Å². The van der Waals surface area contributed by atoms with Crippen molar-refractivity contribution in [3.8, 4) is 5.75 Å². The maximum Gasteiger partial charge on any atom is 0.304 e. The number of nitro benzene ring substituents is 1. The summed E-state index contributed by atoms with van der Waals surface area (Å²) in [5.74, 6) is -1.64. The zero-order chi connectivity index (χ0) is 16.1. The van der Waals surface area contributed by atoms with E-state index >= 15 is 0 Å². The van der Waals surface area contributed by atoms with Crippen LogP contribution in [0.15, 0.2) is 18.2 Å². The minimum Gasteiger partial charge on any atom is -0.486 e. The van der Waals surface area contributed by atoms with Crippen molar-refractivity contribution in [2.45, 2.75) is 25.4 Å². The van der Waals surface area contributed by atoms with Crippen molar-refractivity contribution in [3.63, 3.8) is 0 Å². The Bertz CT molecular complexity index is 566. The number of hydrogen-bond donors (Lipinski definition) is 1. The number of benzene rings is 1. The zero-order valence-electron chi connectivity index (χ0n) is 11.9. The van der Waals surface area contributed by atoms with E-state index in [0.717, 1.165) is 25.5 Å². The molecule has 0 aliphatic carbocycles. The second-order valence-electron chi connectivity index (χ2n) is 5.20. The smallest absolute Gasteiger partial charge is 0.304 e. The molecule has 0 radical (unpaired) electrons. The summed E-state index contributed by atoms with van der Waals surface area (Å²) in [5, 5.41) is 19.3. The van der Waals surface area contributed by atoms with Gasteiger partial charge in [-0.3, -0.25) is 19.8 Å². The number of halogens is 1. The van der Waals surface area contributed by atoms with Crippen LogP contribution in [0.3, 0.4) is 0 Å². The fraction of sp³-hybridized carbons (Fsp3) is 0.500. The molecular formula is C14H17FN2O5. The lowest BCUT2D eigenvalue weighted by molar-refractivity contribution is -0.385. The van der Waals surface area contributed by atoms with Crippen LogP contribution in [0, 0.1) is 15.9 Å². The number of rotatable bonds is 6. The molecule has 1 N–H and O–H groups in total. The number of piperidine rings is 1. The summed E-state index contributed by atoms with van der Waals surface area (Å²) in [6, 6.07) is 3.29. The van der Waals surface area contributed by atoms with Crippen LogP contribution in [-0.2, 0) is 4.79 Å². The first-order chi connectivity index (χ1) is 10.5. The number of ether oxygens (including phenoxy) is 1. The van der Waals surface area contributed by atoms with Crippen LogP contribution in [0.5, 0.6) is 5.75 Å². The van der Waals surface area contributed by atoms with E-state index in [4.69, 9.17) is 9.84 Å². The van der Waals surface area contributed by atoms with Crippen LogP contribution >= 0.6 is 0 Å². The number of likely N-dealkylation sites (tertiary alicyclic amines) is 1. The van der Waals surface area contributed by atoms with Crippen LogP contribution in [0.1, 0.15) is 19.3 Å². The third-order valence-corrected chi connectivity index (χ3v) is 3.52. The Balaban J connectivity index is 1.95. The molecule has 0 saturated carbocycles. The van der Waals surface area contributed by atoms with Crippen molar-refractivity contribution >= 4 is 11.7 Å². The lowest BCUT2D eigenvalue weighted by Crippen LogP contribution is -2.42. The highest BCUT2D eigenvalue weighted by Crippen LogP contribution is 2.25. The van der Waals surface area contributed by atoms with Gasteiger partial charge in [-0.25, -0.2) is 4.39 Å². The Hall–Kier alpha value is -2.22. The summed E-state index contributed by atoms with van der Waals surface area (Å²) in [6.07, 6.45) is 1.37. The van der Waals surface area contributed by atoms with Gasteiger partial charge in [0.15, 0.2) is 11.6 Å².